The molecule has 1 aliphatic heterocycles. The molecule has 1 unspecified atom stereocenters. The van der Waals surface area contributed by atoms with Gasteiger partial charge in [-0.25, -0.2) is 0 Å². The lowest BCUT2D eigenvalue weighted by molar-refractivity contribution is 0.196. The van der Waals surface area contributed by atoms with Crippen molar-refractivity contribution in [1.82, 2.24) is 5.32 Å². The fraction of sp³-hybridized carbons (Fsp3) is 0.667. The van der Waals surface area contributed by atoms with Crippen LogP contribution in [0.3, 0.4) is 0 Å². The Morgan fingerprint density at radius 2 is 2.24 bits per heavy atom. The monoisotopic (exact) mass is 290 g/mol. The van der Waals surface area contributed by atoms with Gasteiger partial charge in [-0.1, -0.05) is 19.1 Å². The van der Waals surface area contributed by atoms with Crippen LogP contribution in [0.25, 0.3) is 0 Å². The number of rotatable bonds is 8. The van der Waals surface area contributed by atoms with E-state index in [1.807, 2.05) is 0 Å². The predicted octanol–water partition coefficient (Wildman–Crippen LogP) is 3.54. The fourth-order valence-corrected chi connectivity index (χ4v) is 3.08. The summed E-state index contributed by atoms with van der Waals surface area (Å²) >= 11 is 0. The van der Waals surface area contributed by atoms with Crippen molar-refractivity contribution in [3.63, 3.8) is 0 Å². The summed E-state index contributed by atoms with van der Waals surface area (Å²) in [5.74, 6) is 0. The molecule has 0 spiro atoms. The summed E-state index contributed by atoms with van der Waals surface area (Å²) in [4.78, 5) is 2.52. The maximum absolute atomic E-state index is 5.17. The molecule has 1 atom stereocenters. The molecule has 1 heterocycles. The summed E-state index contributed by atoms with van der Waals surface area (Å²) in [6.45, 7) is 8.69. The highest BCUT2D eigenvalue weighted by Crippen LogP contribution is 2.29. The molecule has 1 aromatic rings. The molecule has 118 valence electrons. The minimum Gasteiger partial charge on any atom is -0.385 e. The third-order valence-corrected chi connectivity index (χ3v) is 4.30. The Kier molecular flexibility index (Phi) is 6.52. The molecule has 0 saturated carbocycles. The molecular formula is C18H30N2O. The van der Waals surface area contributed by atoms with Gasteiger partial charge < -0.3 is 15.0 Å². The van der Waals surface area contributed by atoms with Crippen LogP contribution in [0.15, 0.2) is 18.2 Å². The predicted molar refractivity (Wildman–Crippen MR) is 90.2 cm³/mol. The molecule has 3 heteroatoms. The Bertz CT molecular complexity index is 433. The molecule has 3 nitrogen and oxygen atoms in total. The van der Waals surface area contributed by atoms with Gasteiger partial charge in [0.1, 0.15) is 0 Å². The molecule has 0 radical (unpaired) electrons. The first kappa shape index (κ1) is 16.3. The molecule has 1 aromatic carbocycles. The largest absolute Gasteiger partial charge is 0.385 e. The average molecular weight is 290 g/mol. The topological polar surface area (TPSA) is 24.5 Å². The van der Waals surface area contributed by atoms with Gasteiger partial charge in [0, 0.05) is 38.5 Å². The number of benzene rings is 1. The van der Waals surface area contributed by atoms with Crippen molar-refractivity contribution in [1.29, 1.82) is 0 Å². The van der Waals surface area contributed by atoms with Gasteiger partial charge in [0.25, 0.3) is 0 Å². The van der Waals surface area contributed by atoms with Crippen molar-refractivity contribution in [2.45, 2.75) is 45.6 Å². The first-order valence-electron chi connectivity index (χ1n) is 8.36. The van der Waals surface area contributed by atoms with Crippen molar-refractivity contribution in [2.24, 2.45) is 0 Å². The standard InChI is InChI=1S/C18H30N2O/c1-4-10-19-15(2)16-8-9-18-17(14-16)7-5-11-20(18)12-6-13-21-3/h8-9,14-15,19H,4-7,10-13H2,1-3H3. The van der Waals surface area contributed by atoms with Crippen LogP contribution in [-0.4, -0.2) is 33.4 Å². The number of fused-ring (bicyclic) bond motifs is 1. The average Bonchev–Trinajstić information content (AvgIpc) is 2.52. The van der Waals surface area contributed by atoms with Gasteiger partial charge >= 0.3 is 0 Å². The van der Waals surface area contributed by atoms with E-state index in [1.54, 1.807) is 7.11 Å². The Hall–Kier alpha value is -1.06. The molecule has 0 aromatic heterocycles. The second-order valence-corrected chi connectivity index (χ2v) is 6.00. The summed E-state index contributed by atoms with van der Waals surface area (Å²) in [6.07, 6.45) is 4.76. The third kappa shape index (κ3) is 4.45. The second kappa shape index (κ2) is 8.40. The lowest BCUT2D eigenvalue weighted by Crippen LogP contribution is -2.31. The molecule has 0 bridgehead atoms. The summed E-state index contributed by atoms with van der Waals surface area (Å²) < 4.78 is 5.17. The summed E-state index contributed by atoms with van der Waals surface area (Å²) in [6, 6.07) is 7.46. The van der Waals surface area contributed by atoms with E-state index >= 15 is 0 Å². The molecular weight excluding hydrogens is 260 g/mol. The van der Waals surface area contributed by atoms with E-state index in [0.717, 1.165) is 26.1 Å². The Morgan fingerprint density at radius 3 is 3.00 bits per heavy atom. The maximum Gasteiger partial charge on any atom is 0.0479 e. The van der Waals surface area contributed by atoms with E-state index < -0.39 is 0 Å². The maximum atomic E-state index is 5.17. The van der Waals surface area contributed by atoms with Gasteiger partial charge in [-0.05, 0) is 56.3 Å². The number of methoxy groups -OCH3 is 1. The summed E-state index contributed by atoms with van der Waals surface area (Å²) in [7, 11) is 1.78. The Labute approximate surface area is 129 Å². The van der Waals surface area contributed by atoms with Crippen molar-refractivity contribution in [2.75, 3.05) is 38.3 Å². The van der Waals surface area contributed by atoms with Crippen LogP contribution in [0.5, 0.6) is 0 Å². The number of anilines is 1. The highest BCUT2D eigenvalue weighted by Gasteiger charge is 2.17. The van der Waals surface area contributed by atoms with Crippen LogP contribution in [0.4, 0.5) is 5.69 Å². The first-order valence-corrected chi connectivity index (χ1v) is 8.36. The van der Waals surface area contributed by atoms with E-state index in [9.17, 15) is 0 Å². The molecule has 21 heavy (non-hydrogen) atoms. The minimum atomic E-state index is 0.444. The highest BCUT2D eigenvalue weighted by atomic mass is 16.5. The van der Waals surface area contributed by atoms with Gasteiger partial charge in [0.2, 0.25) is 0 Å². The number of aryl methyl sites for hydroxylation is 1. The smallest absolute Gasteiger partial charge is 0.0479 e. The number of hydrogen-bond acceptors (Lipinski definition) is 3. The van der Waals surface area contributed by atoms with E-state index in [2.05, 4.69) is 42.3 Å². The third-order valence-electron chi connectivity index (χ3n) is 4.30. The normalized spacial score (nSPS) is 15.9. The number of nitrogens with zero attached hydrogens (tertiary/aromatic N) is 1. The van der Waals surface area contributed by atoms with Crippen LogP contribution in [0.2, 0.25) is 0 Å². The highest BCUT2D eigenvalue weighted by molar-refractivity contribution is 5.57. The van der Waals surface area contributed by atoms with E-state index in [4.69, 9.17) is 4.74 Å². The number of nitrogens with one attached hydrogen (secondary N) is 1. The van der Waals surface area contributed by atoms with Gasteiger partial charge in [0.15, 0.2) is 0 Å². The Morgan fingerprint density at radius 1 is 1.38 bits per heavy atom. The lowest BCUT2D eigenvalue weighted by Gasteiger charge is -2.32. The Balaban J connectivity index is 2.05. The van der Waals surface area contributed by atoms with Gasteiger partial charge in [-0.15, -0.1) is 0 Å². The second-order valence-electron chi connectivity index (χ2n) is 6.00. The molecule has 1 N–H and O–H groups in total. The van der Waals surface area contributed by atoms with Gasteiger partial charge in [-0.2, -0.15) is 0 Å². The van der Waals surface area contributed by atoms with Crippen molar-refractivity contribution >= 4 is 5.69 Å². The van der Waals surface area contributed by atoms with Crippen LogP contribution >= 0.6 is 0 Å². The first-order chi connectivity index (χ1) is 10.3. The van der Waals surface area contributed by atoms with Crippen LogP contribution in [-0.2, 0) is 11.2 Å². The summed E-state index contributed by atoms with van der Waals surface area (Å²) in [5.41, 5.74) is 4.37. The molecule has 0 amide bonds. The SMILES string of the molecule is CCCNC(C)c1ccc2c(c1)CCCN2CCCOC. The molecule has 0 fully saturated rings. The van der Waals surface area contributed by atoms with Gasteiger partial charge in [0.05, 0.1) is 0 Å². The minimum absolute atomic E-state index is 0.444. The van der Waals surface area contributed by atoms with Crippen LogP contribution in [0, 0.1) is 0 Å². The lowest BCUT2D eigenvalue weighted by atomic mass is 9.96. The molecule has 2 rings (SSSR count). The van der Waals surface area contributed by atoms with Crippen molar-refractivity contribution < 1.29 is 4.74 Å². The number of ether oxygens (including phenoxy) is 1. The molecule has 1 aliphatic rings. The van der Waals surface area contributed by atoms with E-state index in [0.29, 0.717) is 6.04 Å². The van der Waals surface area contributed by atoms with Crippen LogP contribution in [0.1, 0.15) is 50.3 Å². The van der Waals surface area contributed by atoms with Crippen molar-refractivity contribution in [3.8, 4) is 0 Å². The zero-order valence-corrected chi connectivity index (χ0v) is 13.8. The molecule has 0 aliphatic carbocycles. The zero-order chi connectivity index (χ0) is 15.1. The molecule has 0 saturated heterocycles. The quantitative estimate of drug-likeness (QED) is 0.741. The van der Waals surface area contributed by atoms with Gasteiger partial charge in [-0.3, -0.25) is 0 Å². The van der Waals surface area contributed by atoms with Crippen LogP contribution < -0.4 is 10.2 Å². The zero-order valence-electron chi connectivity index (χ0n) is 13.8. The van der Waals surface area contributed by atoms with Crippen molar-refractivity contribution in [3.05, 3.63) is 29.3 Å². The fourth-order valence-electron chi connectivity index (χ4n) is 3.08. The van der Waals surface area contributed by atoms with E-state index in [1.165, 1.54) is 42.6 Å². The number of hydrogen-bond donors (Lipinski definition) is 1. The summed E-state index contributed by atoms with van der Waals surface area (Å²) in [5, 5.41) is 3.58. The van der Waals surface area contributed by atoms with E-state index in [-0.39, 0.29) is 0 Å².